The molecule has 1 aromatic heterocycles. The molecule has 1 heterocycles. The molecular formula is C14H16N4O. The number of rotatable bonds is 5. The SMILES string of the molecule is Cc1ccc(NC(=O)CNCc2cccnn2)cc1. The van der Waals surface area contributed by atoms with Gasteiger partial charge in [-0.05, 0) is 31.2 Å². The van der Waals surface area contributed by atoms with Crippen LogP contribution >= 0.6 is 0 Å². The summed E-state index contributed by atoms with van der Waals surface area (Å²) in [4.78, 5) is 11.7. The van der Waals surface area contributed by atoms with Crippen LogP contribution in [-0.2, 0) is 11.3 Å². The standard InChI is InChI=1S/C14H16N4O/c1-11-4-6-12(7-5-11)17-14(19)10-15-9-13-3-2-8-16-18-13/h2-8,15H,9-10H2,1H3,(H,17,19). The minimum absolute atomic E-state index is 0.0762. The van der Waals surface area contributed by atoms with Crippen LogP contribution in [-0.4, -0.2) is 22.6 Å². The van der Waals surface area contributed by atoms with E-state index in [2.05, 4.69) is 20.8 Å². The molecule has 5 nitrogen and oxygen atoms in total. The van der Waals surface area contributed by atoms with Gasteiger partial charge in [0.1, 0.15) is 0 Å². The number of benzene rings is 1. The first kappa shape index (κ1) is 13.2. The second-order valence-corrected chi connectivity index (χ2v) is 4.23. The number of carbonyl (C=O) groups is 1. The summed E-state index contributed by atoms with van der Waals surface area (Å²) in [5, 5.41) is 13.5. The van der Waals surface area contributed by atoms with Crippen molar-refractivity contribution >= 4 is 11.6 Å². The summed E-state index contributed by atoms with van der Waals surface area (Å²) in [6, 6.07) is 11.4. The Morgan fingerprint density at radius 2 is 2.00 bits per heavy atom. The van der Waals surface area contributed by atoms with E-state index in [1.807, 2.05) is 43.3 Å². The molecule has 0 radical (unpaired) electrons. The number of anilines is 1. The van der Waals surface area contributed by atoms with Crippen molar-refractivity contribution in [1.82, 2.24) is 15.5 Å². The highest BCUT2D eigenvalue weighted by Gasteiger charge is 2.02. The first-order valence-corrected chi connectivity index (χ1v) is 6.08. The van der Waals surface area contributed by atoms with Gasteiger partial charge in [0.05, 0.1) is 12.2 Å². The summed E-state index contributed by atoms with van der Waals surface area (Å²) >= 11 is 0. The van der Waals surface area contributed by atoms with E-state index in [0.717, 1.165) is 11.4 Å². The lowest BCUT2D eigenvalue weighted by molar-refractivity contribution is -0.115. The van der Waals surface area contributed by atoms with Crippen LogP contribution in [0.5, 0.6) is 0 Å². The van der Waals surface area contributed by atoms with Gasteiger partial charge in [-0.15, -0.1) is 0 Å². The zero-order valence-corrected chi connectivity index (χ0v) is 10.8. The highest BCUT2D eigenvalue weighted by atomic mass is 16.1. The van der Waals surface area contributed by atoms with Crippen LogP contribution in [0.15, 0.2) is 42.6 Å². The molecule has 0 aliphatic carbocycles. The molecule has 0 aliphatic rings. The Labute approximate surface area is 112 Å². The van der Waals surface area contributed by atoms with E-state index in [9.17, 15) is 4.79 Å². The summed E-state index contributed by atoms with van der Waals surface area (Å²) in [7, 11) is 0. The predicted molar refractivity (Wildman–Crippen MR) is 73.5 cm³/mol. The average Bonchev–Trinajstić information content (AvgIpc) is 2.43. The summed E-state index contributed by atoms with van der Waals surface area (Å²) in [5.41, 5.74) is 2.78. The van der Waals surface area contributed by atoms with Gasteiger partial charge >= 0.3 is 0 Å². The molecule has 2 aromatic rings. The van der Waals surface area contributed by atoms with E-state index in [4.69, 9.17) is 0 Å². The maximum atomic E-state index is 11.7. The molecule has 98 valence electrons. The molecule has 0 saturated carbocycles. The summed E-state index contributed by atoms with van der Waals surface area (Å²) < 4.78 is 0. The molecule has 2 rings (SSSR count). The molecule has 0 spiro atoms. The number of hydrogen-bond donors (Lipinski definition) is 2. The van der Waals surface area contributed by atoms with Crippen LogP contribution in [0, 0.1) is 6.92 Å². The topological polar surface area (TPSA) is 66.9 Å². The molecule has 0 bridgehead atoms. The predicted octanol–water partition coefficient (Wildman–Crippen LogP) is 1.51. The lowest BCUT2D eigenvalue weighted by Crippen LogP contribution is -2.28. The molecule has 1 amide bonds. The van der Waals surface area contributed by atoms with Gasteiger partial charge < -0.3 is 10.6 Å². The Kier molecular flexibility index (Phi) is 4.58. The third-order valence-corrected chi connectivity index (χ3v) is 2.55. The molecule has 0 aliphatic heterocycles. The molecule has 0 unspecified atom stereocenters. The monoisotopic (exact) mass is 256 g/mol. The Balaban J connectivity index is 1.74. The first-order chi connectivity index (χ1) is 9.24. The Morgan fingerprint density at radius 3 is 2.68 bits per heavy atom. The summed E-state index contributed by atoms with van der Waals surface area (Å²) in [5.74, 6) is -0.0762. The van der Waals surface area contributed by atoms with Crippen molar-refractivity contribution in [3.8, 4) is 0 Å². The van der Waals surface area contributed by atoms with Crippen molar-refractivity contribution in [3.05, 3.63) is 53.9 Å². The van der Waals surface area contributed by atoms with E-state index in [1.54, 1.807) is 6.20 Å². The minimum atomic E-state index is -0.0762. The smallest absolute Gasteiger partial charge is 0.238 e. The van der Waals surface area contributed by atoms with Crippen LogP contribution in [0.25, 0.3) is 0 Å². The Hall–Kier alpha value is -2.27. The van der Waals surface area contributed by atoms with Crippen LogP contribution < -0.4 is 10.6 Å². The molecule has 2 N–H and O–H groups in total. The van der Waals surface area contributed by atoms with Crippen LogP contribution in [0.4, 0.5) is 5.69 Å². The fraction of sp³-hybridized carbons (Fsp3) is 0.214. The van der Waals surface area contributed by atoms with Crippen LogP contribution in [0.1, 0.15) is 11.3 Å². The van der Waals surface area contributed by atoms with Gasteiger partial charge in [0.25, 0.3) is 0 Å². The van der Waals surface area contributed by atoms with E-state index in [1.165, 1.54) is 5.56 Å². The Morgan fingerprint density at radius 1 is 1.21 bits per heavy atom. The van der Waals surface area contributed by atoms with Crippen LogP contribution in [0.2, 0.25) is 0 Å². The summed E-state index contributed by atoms with van der Waals surface area (Å²) in [6.07, 6.45) is 1.62. The van der Waals surface area contributed by atoms with E-state index >= 15 is 0 Å². The molecule has 0 atom stereocenters. The number of hydrogen-bond acceptors (Lipinski definition) is 4. The normalized spacial score (nSPS) is 10.2. The highest BCUT2D eigenvalue weighted by molar-refractivity contribution is 5.92. The second kappa shape index (κ2) is 6.61. The minimum Gasteiger partial charge on any atom is -0.325 e. The van der Waals surface area contributed by atoms with E-state index in [-0.39, 0.29) is 12.5 Å². The zero-order valence-electron chi connectivity index (χ0n) is 10.8. The van der Waals surface area contributed by atoms with E-state index in [0.29, 0.717) is 6.54 Å². The molecule has 0 saturated heterocycles. The van der Waals surface area contributed by atoms with Gasteiger partial charge in [0.2, 0.25) is 5.91 Å². The highest BCUT2D eigenvalue weighted by Crippen LogP contribution is 2.07. The van der Waals surface area contributed by atoms with Crippen molar-refractivity contribution < 1.29 is 4.79 Å². The second-order valence-electron chi connectivity index (χ2n) is 4.23. The number of amides is 1. The van der Waals surface area contributed by atoms with Gasteiger partial charge in [0.15, 0.2) is 0 Å². The molecular weight excluding hydrogens is 240 g/mol. The first-order valence-electron chi connectivity index (χ1n) is 6.08. The summed E-state index contributed by atoms with van der Waals surface area (Å²) in [6.45, 7) is 2.77. The number of aromatic nitrogens is 2. The third kappa shape index (κ3) is 4.48. The number of aryl methyl sites for hydroxylation is 1. The lowest BCUT2D eigenvalue weighted by atomic mass is 10.2. The molecule has 19 heavy (non-hydrogen) atoms. The average molecular weight is 256 g/mol. The molecule has 5 heteroatoms. The van der Waals surface area contributed by atoms with Gasteiger partial charge in [-0.2, -0.15) is 10.2 Å². The maximum absolute atomic E-state index is 11.7. The van der Waals surface area contributed by atoms with Gasteiger partial charge in [-0.1, -0.05) is 17.7 Å². The number of nitrogens with one attached hydrogen (secondary N) is 2. The fourth-order valence-corrected chi connectivity index (χ4v) is 1.57. The maximum Gasteiger partial charge on any atom is 0.238 e. The van der Waals surface area contributed by atoms with Gasteiger partial charge in [-0.25, -0.2) is 0 Å². The van der Waals surface area contributed by atoms with E-state index < -0.39 is 0 Å². The zero-order chi connectivity index (χ0) is 13.5. The van der Waals surface area contributed by atoms with Crippen LogP contribution in [0.3, 0.4) is 0 Å². The fourth-order valence-electron chi connectivity index (χ4n) is 1.57. The van der Waals surface area contributed by atoms with Crippen molar-refractivity contribution in [1.29, 1.82) is 0 Å². The molecule has 0 fully saturated rings. The largest absolute Gasteiger partial charge is 0.325 e. The Bertz CT molecular complexity index is 525. The van der Waals surface area contributed by atoms with Gasteiger partial charge in [-0.3, -0.25) is 4.79 Å². The van der Waals surface area contributed by atoms with Gasteiger partial charge in [0, 0.05) is 18.4 Å². The number of carbonyl (C=O) groups excluding carboxylic acids is 1. The van der Waals surface area contributed by atoms with Crippen molar-refractivity contribution in [2.75, 3.05) is 11.9 Å². The number of nitrogens with zero attached hydrogens (tertiary/aromatic N) is 2. The van der Waals surface area contributed by atoms with Crippen molar-refractivity contribution in [3.63, 3.8) is 0 Å². The quantitative estimate of drug-likeness (QED) is 0.851. The molecule has 1 aromatic carbocycles. The van der Waals surface area contributed by atoms with Crippen molar-refractivity contribution in [2.45, 2.75) is 13.5 Å². The van der Waals surface area contributed by atoms with Crippen molar-refractivity contribution in [2.24, 2.45) is 0 Å². The third-order valence-electron chi connectivity index (χ3n) is 2.55. The lowest BCUT2D eigenvalue weighted by Gasteiger charge is -2.06.